The number of imidazole rings is 1. The third-order valence-corrected chi connectivity index (χ3v) is 3.62. The molecule has 1 heterocycles. The Hall–Kier alpha value is -1.14. The number of carbonyl (C=O) groups excluding carboxylic acids is 1. The molecule has 19 heavy (non-hydrogen) atoms. The summed E-state index contributed by atoms with van der Waals surface area (Å²) in [6, 6.07) is 5.98. The van der Waals surface area contributed by atoms with Crippen LogP contribution in [0.15, 0.2) is 22.7 Å². The number of aromatic amines is 1. The molecule has 0 aliphatic heterocycles. The second-order valence-electron chi connectivity index (χ2n) is 4.15. The van der Waals surface area contributed by atoms with Gasteiger partial charge in [-0.1, -0.05) is 15.9 Å². The molecule has 2 rings (SSSR count). The van der Waals surface area contributed by atoms with Crippen LogP contribution in [0.4, 0.5) is 0 Å². The van der Waals surface area contributed by atoms with Crippen molar-refractivity contribution >= 4 is 45.2 Å². The third kappa shape index (κ3) is 3.45. The van der Waals surface area contributed by atoms with E-state index in [1.165, 1.54) is 0 Å². The minimum atomic E-state index is -0.156. The second-order valence-corrected chi connectivity index (χ2v) is 5.45. The van der Waals surface area contributed by atoms with Crippen LogP contribution < -0.4 is 0 Å². The summed E-state index contributed by atoms with van der Waals surface area (Å²) in [7, 11) is 0. The standard InChI is InChI=1S/C13H15BrN2O2S/c1-2-18-12(17)4-3-7-16-11-6-5-9(14)8-10(11)15-13(16)19/h5-6,8H,2-4,7H2,1H3,(H,15,19). The topological polar surface area (TPSA) is 47.0 Å². The lowest BCUT2D eigenvalue weighted by molar-refractivity contribution is -0.143. The van der Waals surface area contributed by atoms with Crippen LogP contribution in [0, 0.1) is 4.77 Å². The van der Waals surface area contributed by atoms with E-state index in [9.17, 15) is 4.79 Å². The molecule has 1 aromatic heterocycles. The molecule has 0 atom stereocenters. The molecule has 1 aromatic carbocycles. The molecule has 0 saturated heterocycles. The van der Waals surface area contributed by atoms with Crippen molar-refractivity contribution in [3.8, 4) is 0 Å². The lowest BCUT2D eigenvalue weighted by Gasteiger charge is -2.04. The molecule has 1 N–H and O–H groups in total. The number of carbonyl (C=O) groups is 1. The first-order valence-corrected chi connectivity index (χ1v) is 7.35. The van der Waals surface area contributed by atoms with Crippen molar-refractivity contribution in [2.75, 3.05) is 6.61 Å². The van der Waals surface area contributed by atoms with Crippen molar-refractivity contribution in [1.82, 2.24) is 9.55 Å². The maximum absolute atomic E-state index is 11.3. The number of aryl methyl sites for hydroxylation is 1. The zero-order valence-electron chi connectivity index (χ0n) is 10.6. The van der Waals surface area contributed by atoms with Gasteiger partial charge < -0.3 is 14.3 Å². The number of hydrogen-bond donors (Lipinski definition) is 1. The molecule has 0 aliphatic rings. The van der Waals surface area contributed by atoms with Gasteiger partial charge in [0.1, 0.15) is 0 Å². The number of nitrogens with one attached hydrogen (secondary N) is 1. The normalized spacial score (nSPS) is 10.8. The van der Waals surface area contributed by atoms with E-state index in [0.29, 0.717) is 24.3 Å². The lowest BCUT2D eigenvalue weighted by Crippen LogP contribution is -2.06. The van der Waals surface area contributed by atoms with Gasteiger partial charge >= 0.3 is 5.97 Å². The van der Waals surface area contributed by atoms with Crippen molar-refractivity contribution in [2.45, 2.75) is 26.3 Å². The maximum atomic E-state index is 11.3. The van der Waals surface area contributed by atoms with Crippen LogP contribution in [0.2, 0.25) is 0 Å². The number of H-pyrrole nitrogens is 1. The van der Waals surface area contributed by atoms with E-state index in [1.807, 2.05) is 29.7 Å². The summed E-state index contributed by atoms with van der Waals surface area (Å²) < 4.78 is 8.60. The molecule has 0 spiro atoms. The molecule has 6 heteroatoms. The second kappa shape index (κ2) is 6.34. The lowest BCUT2D eigenvalue weighted by atomic mass is 10.3. The van der Waals surface area contributed by atoms with Gasteiger partial charge in [-0.05, 0) is 43.8 Å². The molecule has 2 aromatic rings. The molecular weight excluding hydrogens is 328 g/mol. The Kier molecular flexibility index (Phi) is 4.76. The van der Waals surface area contributed by atoms with E-state index >= 15 is 0 Å². The Morgan fingerprint density at radius 2 is 2.32 bits per heavy atom. The van der Waals surface area contributed by atoms with Gasteiger partial charge in [0.05, 0.1) is 17.6 Å². The molecule has 0 fully saturated rings. The number of nitrogens with zero attached hydrogens (tertiary/aromatic N) is 1. The molecule has 0 aliphatic carbocycles. The Labute approximate surface area is 124 Å². The predicted molar refractivity (Wildman–Crippen MR) is 80.7 cm³/mol. The summed E-state index contributed by atoms with van der Waals surface area (Å²) in [6.07, 6.45) is 1.13. The number of hydrogen-bond acceptors (Lipinski definition) is 3. The molecule has 0 unspecified atom stereocenters. The van der Waals surface area contributed by atoms with Crippen molar-refractivity contribution < 1.29 is 9.53 Å². The Morgan fingerprint density at radius 1 is 1.53 bits per heavy atom. The first-order chi connectivity index (χ1) is 9.11. The monoisotopic (exact) mass is 342 g/mol. The summed E-state index contributed by atoms with van der Waals surface area (Å²) in [5.74, 6) is -0.156. The number of rotatable bonds is 5. The van der Waals surface area contributed by atoms with E-state index in [-0.39, 0.29) is 5.97 Å². The summed E-state index contributed by atoms with van der Waals surface area (Å²) in [5, 5.41) is 0. The SMILES string of the molecule is CCOC(=O)CCCn1c(=S)[nH]c2cc(Br)ccc21. The molecule has 4 nitrogen and oxygen atoms in total. The van der Waals surface area contributed by atoms with Crippen LogP contribution in [0.25, 0.3) is 11.0 Å². The van der Waals surface area contributed by atoms with E-state index < -0.39 is 0 Å². The zero-order valence-corrected chi connectivity index (χ0v) is 13.0. The maximum Gasteiger partial charge on any atom is 0.305 e. The fourth-order valence-corrected chi connectivity index (χ4v) is 2.63. The van der Waals surface area contributed by atoms with Crippen LogP contribution >= 0.6 is 28.1 Å². The predicted octanol–water partition coefficient (Wildman–Crippen LogP) is 3.80. The zero-order chi connectivity index (χ0) is 13.8. The highest BCUT2D eigenvalue weighted by molar-refractivity contribution is 9.10. The minimum Gasteiger partial charge on any atom is -0.466 e. The van der Waals surface area contributed by atoms with Gasteiger partial charge in [0, 0.05) is 17.4 Å². The quantitative estimate of drug-likeness (QED) is 0.663. The molecule has 0 bridgehead atoms. The highest BCUT2D eigenvalue weighted by atomic mass is 79.9. The first kappa shape index (κ1) is 14.3. The fraction of sp³-hybridized carbons (Fsp3) is 0.385. The minimum absolute atomic E-state index is 0.156. The highest BCUT2D eigenvalue weighted by Gasteiger charge is 2.06. The molecule has 0 amide bonds. The Morgan fingerprint density at radius 3 is 3.05 bits per heavy atom. The van der Waals surface area contributed by atoms with Gasteiger partial charge in [0.2, 0.25) is 0 Å². The van der Waals surface area contributed by atoms with Gasteiger partial charge in [-0.2, -0.15) is 0 Å². The number of fused-ring (bicyclic) bond motifs is 1. The van der Waals surface area contributed by atoms with Crippen molar-refractivity contribution in [3.05, 3.63) is 27.4 Å². The summed E-state index contributed by atoms with van der Waals surface area (Å²) in [4.78, 5) is 14.5. The summed E-state index contributed by atoms with van der Waals surface area (Å²) in [6.45, 7) is 2.95. The van der Waals surface area contributed by atoms with E-state index in [0.717, 1.165) is 21.9 Å². The first-order valence-electron chi connectivity index (χ1n) is 6.15. The van der Waals surface area contributed by atoms with Gasteiger partial charge in [0.15, 0.2) is 4.77 Å². The van der Waals surface area contributed by atoms with Crippen molar-refractivity contribution in [2.24, 2.45) is 0 Å². The summed E-state index contributed by atoms with van der Waals surface area (Å²) >= 11 is 8.73. The van der Waals surface area contributed by atoms with E-state index in [1.54, 1.807) is 0 Å². The molecule has 102 valence electrons. The van der Waals surface area contributed by atoms with E-state index in [2.05, 4.69) is 20.9 Å². The summed E-state index contributed by atoms with van der Waals surface area (Å²) in [5.41, 5.74) is 2.05. The van der Waals surface area contributed by atoms with Gasteiger partial charge in [-0.3, -0.25) is 4.79 Å². The van der Waals surface area contributed by atoms with Gasteiger partial charge in [-0.15, -0.1) is 0 Å². The van der Waals surface area contributed by atoms with Crippen LogP contribution in [0.3, 0.4) is 0 Å². The number of benzene rings is 1. The average molecular weight is 343 g/mol. The largest absolute Gasteiger partial charge is 0.466 e. The average Bonchev–Trinajstić information content (AvgIpc) is 2.65. The molecular formula is C13H15BrN2O2S. The number of esters is 1. The van der Waals surface area contributed by atoms with Gasteiger partial charge in [0.25, 0.3) is 0 Å². The smallest absolute Gasteiger partial charge is 0.305 e. The van der Waals surface area contributed by atoms with Crippen LogP contribution in [0.5, 0.6) is 0 Å². The van der Waals surface area contributed by atoms with Crippen LogP contribution in [-0.4, -0.2) is 22.1 Å². The Balaban J connectivity index is 2.10. The Bertz CT molecular complexity index is 648. The van der Waals surface area contributed by atoms with Crippen LogP contribution in [0.1, 0.15) is 19.8 Å². The van der Waals surface area contributed by atoms with Crippen molar-refractivity contribution in [3.63, 3.8) is 0 Å². The third-order valence-electron chi connectivity index (χ3n) is 2.80. The van der Waals surface area contributed by atoms with Gasteiger partial charge in [-0.25, -0.2) is 0 Å². The fourth-order valence-electron chi connectivity index (χ4n) is 1.97. The molecule has 0 saturated carbocycles. The number of ether oxygens (including phenoxy) is 1. The highest BCUT2D eigenvalue weighted by Crippen LogP contribution is 2.20. The number of halogens is 1. The number of aromatic nitrogens is 2. The molecule has 0 radical (unpaired) electrons. The van der Waals surface area contributed by atoms with E-state index in [4.69, 9.17) is 17.0 Å². The van der Waals surface area contributed by atoms with Crippen molar-refractivity contribution in [1.29, 1.82) is 0 Å². The van der Waals surface area contributed by atoms with Crippen LogP contribution in [-0.2, 0) is 16.1 Å².